The Kier molecular flexibility index (Phi) is 4.59. The summed E-state index contributed by atoms with van der Waals surface area (Å²) in [5.74, 6) is 0.791. The van der Waals surface area contributed by atoms with Gasteiger partial charge in [0, 0.05) is 17.3 Å². The standard InChI is InChI=1S/C20H20N2/c1-2-3-10-18-15-21-20(17-13-8-5-9-14-17)22-19(18)16-11-6-4-7-12-16/h4-9,11-15H,2-3,10H2,1H3. The first-order valence-electron chi connectivity index (χ1n) is 7.85. The van der Waals surface area contributed by atoms with Crippen LogP contribution in [0.15, 0.2) is 66.9 Å². The van der Waals surface area contributed by atoms with Gasteiger partial charge in [-0.2, -0.15) is 0 Å². The summed E-state index contributed by atoms with van der Waals surface area (Å²) >= 11 is 0. The zero-order chi connectivity index (χ0) is 15.2. The summed E-state index contributed by atoms with van der Waals surface area (Å²) in [7, 11) is 0. The fraction of sp³-hybridized carbons (Fsp3) is 0.200. The summed E-state index contributed by atoms with van der Waals surface area (Å²) < 4.78 is 0. The van der Waals surface area contributed by atoms with Crippen LogP contribution in [0.2, 0.25) is 0 Å². The molecule has 1 aromatic heterocycles. The minimum Gasteiger partial charge on any atom is -0.236 e. The zero-order valence-corrected chi connectivity index (χ0v) is 12.9. The van der Waals surface area contributed by atoms with Crippen LogP contribution in [-0.4, -0.2) is 9.97 Å². The Balaban J connectivity index is 2.06. The Morgan fingerprint density at radius 3 is 2.09 bits per heavy atom. The Labute approximate surface area is 131 Å². The van der Waals surface area contributed by atoms with Gasteiger partial charge in [-0.3, -0.25) is 0 Å². The number of hydrogen-bond acceptors (Lipinski definition) is 2. The number of benzene rings is 2. The smallest absolute Gasteiger partial charge is 0.159 e. The average molecular weight is 288 g/mol. The Morgan fingerprint density at radius 1 is 0.818 bits per heavy atom. The van der Waals surface area contributed by atoms with Gasteiger partial charge in [0.25, 0.3) is 0 Å². The molecule has 2 nitrogen and oxygen atoms in total. The molecule has 0 spiro atoms. The Morgan fingerprint density at radius 2 is 1.45 bits per heavy atom. The van der Waals surface area contributed by atoms with Crippen LogP contribution < -0.4 is 0 Å². The van der Waals surface area contributed by atoms with Crippen LogP contribution in [0.4, 0.5) is 0 Å². The van der Waals surface area contributed by atoms with Crippen molar-refractivity contribution in [3.63, 3.8) is 0 Å². The molecule has 0 aliphatic carbocycles. The number of rotatable bonds is 5. The van der Waals surface area contributed by atoms with Crippen LogP contribution in [0.5, 0.6) is 0 Å². The lowest BCUT2D eigenvalue weighted by atomic mass is 10.0. The molecule has 0 N–H and O–H groups in total. The lowest BCUT2D eigenvalue weighted by Crippen LogP contribution is -1.99. The van der Waals surface area contributed by atoms with Gasteiger partial charge in [-0.25, -0.2) is 9.97 Å². The molecule has 3 rings (SSSR count). The molecule has 22 heavy (non-hydrogen) atoms. The summed E-state index contributed by atoms with van der Waals surface area (Å²) in [5.41, 5.74) is 4.51. The molecular weight excluding hydrogens is 268 g/mol. The van der Waals surface area contributed by atoms with Gasteiger partial charge < -0.3 is 0 Å². The largest absolute Gasteiger partial charge is 0.236 e. The normalized spacial score (nSPS) is 10.6. The lowest BCUT2D eigenvalue weighted by molar-refractivity contribution is 0.790. The first kappa shape index (κ1) is 14.5. The van der Waals surface area contributed by atoms with Crippen LogP contribution in [0.3, 0.4) is 0 Å². The molecule has 0 aliphatic rings. The molecule has 2 aromatic carbocycles. The van der Waals surface area contributed by atoms with Crippen molar-refractivity contribution in [2.45, 2.75) is 26.2 Å². The van der Waals surface area contributed by atoms with E-state index in [0.29, 0.717) is 0 Å². The van der Waals surface area contributed by atoms with Gasteiger partial charge in [0.2, 0.25) is 0 Å². The van der Waals surface area contributed by atoms with E-state index in [9.17, 15) is 0 Å². The summed E-state index contributed by atoms with van der Waals surface area (Å²) in [5, 5.41) is 0. The lowest BCUT2D eigenvalue weighted by Gasteiger charge is -2.10. The van der Waals surface area contributed by atoms with E-state index in [2.05, 4.69) is 48.3 Å². The van der Waals surface area contributed by atoms with Gasteiger partial charge in [-0.15, -0.1) is 0 Å². The highest BCUT2D eigenvalue weighted by molar-refractivity contribution is 5.66. The second-order valence-electron chi connectivity index (χ2n) is 5.40. The van der Waals surface area contributed by atoms with E-state index >= 15 is 0 Å². The number of aromatic nitrogens is 2. The van der Waals surface area contributed by atoms with Crippen LogP contribution in [0.25, 0.3) is 22.6 Å². The van der Waals surface area contributed by atoms with Crippen LogP contribution >= 0.6 is 0 Å². The zero-order valence-electron chi connectivity index (χ0n) is 12.9. The van der Waals surface area contributed by atoms with Gasteiger partial charge in [0.15, 0.2) is 5.82 Å². The second kappa shape index (κ2) is 6.99. The quantitative estimate of drug-likeness (QED) is 0.648. The number of nitrogens with zero attached hydrogens (tertiary/aromatic N) is 2. The first-order chi connectivity index (χ1) is 10.9. The van der Waals surface area contributed by atoms with E-state index < -0.39 is 0 Å². The Bertz CT molecular complexity index is 721. The second-order valence-corrected chi connectivity index (χ2v) is 5.40. The van der Waals surface area contributed by atoms with E-state index in [1.807, 2.05) is 30.5 Å². The molecule has 0 unspecified atom stereocenters. The number of unbranched alkanes of at least 4 members (excludes halogenated alkanes) is 1. The predicted molar refractivity (Wildman–Crippen MR) is 91.5 cm³/mol. The van der Waals surface area contributed by atoms with Gasteiger partial charge >= 0.3 is 0 Å². The molecule has 0 fully saturated rings. The van der Waals surface area contributed by atoms with Crippen molar-refractivity contribution in [1.82, 2.24) is 9.97 Å². The molecule has 0 atom stereocenters. The predicted octanol–water partition coefficient (Wildman–Crippen LogP) is 5.15. The van der Waals surface area contributed by atoms with Gasteiger partial charge in [-0.05, 0) is 18.4 Å². The number of aryl methyl sites for hydroxylation is 1. The molecule has 0 amide bonds. The maximum Gasteiger partial charge on any atom is 0.159 e. The third kappa shape index (κ3) is 3.22. The van der Waals surface area contributed by atoms with E-state index in [1.165, 1.54) is 12.0 Å². The summed E-state index contributed by atoms with van der Waals surface area (Å²) in [6.07, 6.45) is 5.35. The molecule has 3 aromatic rings. The molecule has 0 aliphatic heterocycles. The topological polar surface area (TPSA) is 25.8 Å². The molecular formula is C20H20N2. The summed E-state index contributed by atoms with van der Waals surface area (Å²) in [6, 6.07) is 20.5. The molecule has 110 valence electrons. The highest BCUT2D eigenvalue weighted by Gasteiger charge is 2.10. The summed E-state index contributed by atoms with van der Waals surface area (Å²) in [4.78, 5) is 9.43. The molecule has 0 saturated carbocycles. The Hall–Kier alpha value is -2.48. The minimum absolute atomic E-state index is 0.791. The highest BCUT2D eigenvalue weighted by atomic mass is 14.9. The third-order valence-corrected chi connectivity index (χ3v) is 3.74. The van der Waals surface area contributed by atoms with Gasteiger partial charge in [0.1, 0.15) is 0 Å². The maximum atomic E-state index is 4.85. The van der Waals surface area contributed by atoms with E-state index in [0.717, 1.165) is 35.5 Å². The van der Waals surface area contributed by atoms with Crippen LogP contribution in [-0.2, 0) is 6.42 Å². The van der Waals surface area contributed by atoms with Crippen molar-refractivity contribution >= 4 is 0 Å². The van der Waals surface area contributed by atoms with Crippen molar-refractivity contribution in [3.8, 4) is 22.6 Å². The van der Waals surface area contributed by atoms with E-state index in [4.69, 9.17) is 4.98 Å². The van der Waals surface area contributed by atoms with Crippen LogP contribution in [0, 0.1) is 0 Å². The molecule has 0 saturated heterocycles. The highest BCUT2D eigenvalue weighted by Crippen LogP contribution is 2.25. The van der Waals surface area contributed by atoms with Crippen molar-refractivity contribution in [1.29, 1.82) is 0 Å². The fourth-order valence-electron chi connectivity index (χ4n) is 2.53. The van der Waals surface area contributed by atoms with E-state index in [1.54, 1.807) is 0 Å². The van der Waals surface area contributed by atoms with Crippen molar-refractivity contribution in [2.75, 3.05) is 0 Å². The molecule has 1 heterocycles. The van der Waals surface area contributed by atoms with Gasteiger partial charge in [-0.1, -0.05) is 74.0 Å². The third-order valence-electron chi connectivity index (χ3n) is 3.74. The number of hydrogen-bond donors (Lipinski definition) is 0. The van der Waals surface area contributed by atoms with E-state index in [-0.39, 0.29) is 0 Å². The average Bonchev–Trinajstić information content (AvgIpc) is 2.61. The monoisotopic (exact) mass is 288 g/mol. The molecule has 0 radical (unpaired) electrons. The first-order valence-corrected chi connectivity index (χ1v) is 7.85. The fourth-order valence-corrected chi connectivity index (χ4v) is 2.53. The SMILES string of the molecule is CCCCc1cnc(-c2ccccc2)nc1-c1ccccc1. The van der Waals surface area contributed by atoms with Crippen molar-refractivity contribution in [2.24, 2.45) is 0 Å². The molecule has 2 heteroatoms. The van der Waals surface area contributed by atoms with Crippen LogP contribution in [0.1, 0.15) is 25.3 Å². The molecule has 0 bridgehead atoms. The van der Waals surface area contributed by atoms with Crippen molar-refractivity contribution < 1.29 is 0 Å². The summed E-state index contributed by atoms with van der Waals surface area (Å²) in [6.45, 7) is 2.21. The maximum absolute atomic E-state index is 4.85. The minimum atomic E-state index is 0.791. The van der Waals surface area contributed by atoms with Gasteiger partial charge in [0.05, 0.1) is 5.69 Å². The van der Waals surface area contributed by atoms with Crippen molar-refractivity contribution in [3.05, 3.63) is 72.4 Å².